The number of anilines is 1. The molecule has 1 heterocycles. The first-order valence-electron chi connectivity index (χ1n) is 9.27. The summed E-state index contributed by atoms with van der Waals surface area (Å²) < 4.78 is 5.18. The van der Waals surface area contributed by atoms with Crippen molar-refractivity contribution in [3.63, 3.8) is 0 Å². The van der Waals surface area contributed by atoms with Crippen LogP contribution in [0.1, 0.15) is 31.2 Å². The Bertz CT molecular complexity index is 771. The third-order valence-electron chi connectivity index (χ3n) is 5.00. The molecule has 0 atom stereocenters. The Hall–Kier alpha value is -2.89. The Labute approximate surface area is 159 Å². The van der Waals surface area contributed by atoms with Crippen molar-refractivity contribution in [2.24, 2.45) is 11.8 Å². The van der Waals surface area contributed by atoms with Crippen LogP contribution in [0.2, 0.25) is 0 Å². The fraction of sp³-hybridized carbons (Fsp3) is 0.381. The lowest BCUT2D eigenvalue weighted by atomic mass is 9.81. The molecular formula is C21H25N3O3. The van der Waals surface area contributed by atoms with Crippen LogP contribution in [0.25, 0.3) is 0 Å². The predicted octanol–water partition coefficient (Wildman–Crippen LogP) is 3.15. The smallest absolute Gasteiger partial charge is 0.227 e. The Balaban J connectivity index is 1.45. The Kier molecular flexibility index (Phi) is 6.41. The molecule has 2 N–H and O–H groups in total. The lowest BCUT2D eigenvalue weighted by Gasteiger charge is -2.27. The number of hydrogen-bond acceptors (Lipinski definition) is 4. The van der Waals surface area contributed by atoms with Gasteiger partial charge < -0.3 is 15.4 Å². The molecule has 1 aliphatic rings. The lowest BCUT2D eigenvalue weighted by molar-refractivity contribution is -0.128. The van der Waals surface area contributed by atoms with Crippen LogP contribution in [-0.4, -0.2) is 23.9 Å². The van der Waals surface area contributed by atoms with Crippen molar-refractivity contribution in [3.8, 4) is 5.75 Å². The van der Waals surface area contributed by atoms with Gasteiger partial charge in [0.2, 0.25) is 11.8 Å². The normalized spacial score (nSPS) is 19.1. The molecule has 1 aromatic carbocycles. The number of amides is 2. The van der Waals surface area contributed by atoms with Crippen molar-refractivity contribution in [2.75, 3.05) is 12.4 Å². The highest BCUT2D eigenvalue weighted by atomic mass is 16.5. The summed E-state index contributed by atoms with van der Waals surface area (Å²) in [5, 5.41) is 5.92. The number of nitrogens with zero attached hydrogens (tertiary/aromatic N) is 1. The number of methoxy groups -OCH3 is 1. The third-order valence-corrected chi connectivity index (χ3v) is 5.00. The summed E-state index contributed by atoms with van der Waals surface area (Å²) in [6, 6.07) is 11.1. The van der Waals surface area contributed by atoms with Gasteiger partial charge in [-0.1, -0.05) is 12.1 Å². The van der Waals surface area contributed by atoms with Crippen molar-refractivity contribution < 1.29 is 14.3 Å². The second kappa shape index (κ2) is 9.16. The minimum Gasteiger partial charge on any atom is -0.497 e. The SMILES string of the molecule is COc1cccc(NC(=O)C2CCC(C(=O)NCc3cccnc3)CC2)c1. The molecule has 0 bridgehead atoms. The van der Waals surface area contributed by atoms with Crippen molar-refractivity contribution in [1.82, 2.24) is 10.3 Å². The van der Waals surface area contributed by atoms with Gasteiger partial charge >= 0.3 is 0 Å². The monoisotopic (exact) mass is 367 g/mol. The largest absolute Gasteiger partial charge is 0.497 e. The molecule has 1 fully saturated rings. The standard InChI is InChI=1S/C21H25N3O3/c1-27-19-6-2-5-18(12-19)24-21(26)17-9-7-16(8-10-17)20(25)23-14-15-4-3-11-22-13-15/h2-6,11-13,16-17H,7-10,14H2,1H3,(H,23,25)(H,24,26). The Morgan fingerprint density at radius 2 is 1.81 bits per heavy atom. The average molecular weight is 367 g/mol. The molecule has 2 amide bonds. The van der Waals surface area contributed by atoms with Crippen LogP contribution in [0.15, 0.2) is 48.8 Å². The van der Waals surface area contributed by atoms with Gasteiger partial charge in [-0.3, -0.25) is 14.6 Å². The number of carbonyl (C=O) groups excluding carboxylic acids is 2. The minimum absolute atomic E-state index is 0.0115. The molecule has 27 heavy (non-hydrogen) atoms. The number of aromatic nitrogens is 1. The number of rotatable bonds is 6. The number of benzene rings is 1. The summed E-state index contributed by atoms with van der Waals surface area (Å²) in [5.41, 5.74) is 1.72. The van der Waals surface area contributed by atoms with Gasteiger partial charge in [0.25, 0.3) is 0 Å². The van der Waals surface area contributed by atoms with Crippen LogP contribution in [0.3, 0.4) is 0 Å². The lowest BCUT2D eigenvalue weighted by Crippen LogP contribution is -2.35. The summed E-state index contributed by atoms with van der Waals surface area (Å²) in [6.45, 7) is 0.489. The number of pyridine rings is 1. The average Bonchev–Trinajstić information content (AvgIpc) is 2.73. The topological polar surface area (TPSA) is 80.3 Å². The van der Waals surface area contributed by atoms with E-state index in [4.69, 9.17) is 4.74 Å². The molecular weight excluding hydrogens is 342 g/mol. The summed E-state index contributed by atoms with van der Waals surface area (Å²) in [6.07, 6.45) is 6.37. The molecule has 0 radical (unpaired) electrons. The third kappa shape index (κ3) is 5.29. The van der Waals surface area contributed by atoms with E-state index in [-0.39, 0.29) is 23.7 Å². The molecule has 6 nitrogen and oxygen atoms in total. The molecule has 0 aliphatic heterocycles. The van der Waals surface area contributed by atoms with Gasteiger partial charge in [-0.15, -0.1) is 0 Å². The van der Waals surface area contributed by atoms with E-state index in [1.54, 1.807) is 25.6 Å². The van der Waals surface area contributed by atoms with Gasteiger partial charge in [0.05, 0.1) is 7.11 Å². The number of ether oxygens (including phenoxy) is 1. The van der Waals surface area contributed by atoms with Gasteiger partial charge in [-0.25, -0.2) is 0 Å². The molecule has 6 heteroatoms. The van der Waals surface area contributed by atoms with Crippen molar-refractivity contribution in [1.29, 1.82) is 0 Å². The quantitative estimate of drug-likeness (QED) is 0.822. The fourth-order valence-corrected chi connectivity index (χ4v) is 3.40. The van der Waals surface area contributed by atoms with E-state index in [2.05, 4.69) is 15.6 Å². The predicted molar refractivity (Wildman–Crippen MR) is 103 cm³/mol. The maximum Gasteiger partial charge on any atom is 0.227 e. The summed E-state index contributed by atoms with van der Waals surface area (Å²) in [7, 11) is 1.60. The zero-order valence-corrected chi connectivity index (χ0v) is 15.5. The fourth-order valence-electron chi connectivity index (χ4n) is 3.40. The summed E-state index contributed by atoms with van der Waals surface area (Å²) in [4.78, 5) is 28.9. The van der Waals surface area contributed by atoms with E-state index in [1.165, 1.54) is 0 Å². The minimum atomic E-state index is -0.0569. The van der Waals surface area contributed by atoms with Gasteiger partial charge in [0.1, 0.15) is 5.75 Å². The van der Waals surface area contributed by atoms with Crippen LogP contribution in [0.4, 0.5) is 5.69 Å². The van der Waals surface area contributed by atoms with E-state index in [0.29, 0.717) is 12.3 Å². The van der Waals surface area contributed by atoms with Crippen LogP contribution >= 0.6 is 0 Å². The number of hydrogen-bond donors (Lipinski definition) is 2. The molecule has 2 aromatic rings. The van der Waals surface area contributed by atoms with E-state index in [1.807, 2.05) is 30.3 Å². The van der Waals surface area contributed by atoms with Crippen LogP contribution in [0, 0.1) is 11.8 Å². The van der Waals surface area contributed by atoms with Crippen LogP contribution in [-0.2, 0) is 16.1 Å². The van der Waals surface area contributed by atoms with Crippen LogP contribution < -0.4 is 15.4 Å². The van der Waals surface area contributed by atoms with Gasteiger partial charge in [-0.2, -0.15) is 0 Å². The zero-order valence-electron chi connectivity index (χ0n) is 15.5. The van der Waals surface area contributed by atoms with Gasteiger partial charge in [0, 0.05) is 42.5 Å². The second-order valence-electron chi connectivity index (χ2n) is 6.85. The summed E-state index contributed by atoms with van der Waals surface area (Å²) in [5.74, 6) is 0.700. The first kappa shape index (κ1) is 18.9. The molecule has 0 saturated heterocycles. The molecule has 1 aromatic heterocycles. The first-order valence-corrected chi connectivity index (χ1v) is 9.27. The molecule has 3 rings (SSSR count). The maximum atomic E-state index is 12.5. The van der Waals surface area contributed by atoms with Gasteiger partial charge in [-0.05, 0) is 49.4 Å². The van der Waals surface area contributed by atoms with E-state index in [0.717, 1.165) is 36.9 Å². The highest BCUT2D eigenvalue weighted by molar-refractivity contribution is 5.93. The molecule has 1 saturated carbocycles. The number of carbonyl (C=O) groups is 2. The van der Waals surface area contributed by atoms with Crippen LogP contribution in [0.5, 0.6) is 5.75 Å². The van der Waals surface area contributed by atoms with E-state index >= 15 is 0 Å². The van der Waals surface area contributed by atoms with Crippen molar-refractivity contribution in [2.45, 2.75) is 32.2 Å². The molecule has 142 valence electrons. The van der Waals surface area contributed by atoms with Crippen molar-refractivity contribution in [3.05, 3.63) is 54.4 Å². The molecule has 1 aliphatic carbocycles. The Morgan fingerprint density at radius 3 is 2.48 bits per heavy atom. The van der Waals surface area contributed by atoms with E-state index in [9.17, 15) is 9.59 Å². The van der Waals surface area contributed by atoms with Gasteiger partial charge in [0.15, 0.2) is 0 Å². The molecule has 0 spiro atoms. The number of nitrogens with one attached hydrogen (secondary N) is 2. The maximum absolute atomic E-state index is 12.5. The first-order chi connectivity index (χ1) is 13.2. The van der Waals surface area contributed by atoms with Crippen molar-refractivity contribution >= 4 is 17.5 Å². The second-order valence-corrected chi connectivity index (χ2v) is 6.85. The highest BCUT2D eigenvalue weighted by Gasteiger charge is 2.29. The Morgan fingerprint density at radius 1 is 1.07 bits per heavy atom. The van der Waals surface area contributed by atoms with E-state index < -0.39 is 0 Å². The highest BCUT2D eigenvalue weighted by Crippen LogP contribution is 2.30. The molecule has 0 unspecified atom stereocenters. The zero-order chi connectivity index (χ0) is 19.1. The summed E-state index contributed by atoms with van der Waals surface area (Å²) >= 11 is 0.